The fourth-order valence-corrected chi connectivity index (χ4v) is 2.66. The van der Waals surface area contributed by atoms with Gasteiger partial charge in [-0.25, -0.2) is 4.98 Å². The van der Waals surface area contributed by atoms with Gasteiger partial charge in [-0.2, -0.15) is 0 Å². The Hall–Kier alpha value is -1.66. The van der Waals surface area contributed by atoms with Gasteiger partial charge in [-0.3, -0.25) is 10.3 Å². The Morgan fingerprint density at radius 1 is 1.40 bits per heavy atom. The highest BCUT2D eigenvalue weighted by Gasteiger charge is 2.20. The van der Waals surface area contributed by atoms with E-state index >= 15 is 0 Å². The Bertz CT molecular complexity index is 477. The van der Waals surface area contributed by atoms with Gasteiger partial charge in [-0.1, -0.05) is 0 Å². The van der Waals surface area contributed by atoms with E-state index in [4.69, 9.17) is 16.2 Å². The van der Waals surface area contributed by atoms with Gasteiger partial charge in [0.05, 0.1) is 12.2 Å². The van der Waals surface area contributed by atoms with Crippen LogP contribution in [0.1, 0.15) is 17.5 Å². The molecule has 110 valence electrons. The molecule has 0 saturated carbocycles. The lowest BCUT2D eigenvalue weighted by molar-refractivity contribution is 0.204. The second-order valence-electron chi connectivity index (χ2n) is 5.15. The highest BCUT2D eigenvalue weighted by molar-refractivity contribution is 6.01. The fourth-order valence-electron chi connectivity index (χ4n) is 2.66. The zero-order valence-corrected chi connectivity index (χ0v) is 12.0. The monoisotopic (exact) mass is 277 g/mol. The fraction of sp³-hybridized carbons (Fsp3) is 0.571. The van der Waals surface area contributed by atoms with Crippen molar-refractivity contribution in [2.24, 2.45) is 5.73 Å². The van der Waals surface area contributed by atoms with Gasteiger partial charge in [-0.15, -0.1) is 0 Å². The third-order valence-electron chi connectivity index (χ3n) is 3.71. The zero-order chi connectivity index (χ0) is 14.5. The molecular formula is C14H23N5O. The van der Waals surface area contributed by atoms with Gasteiger partial charge in [-0.05, 0) is 31.5 Å². The summed E-state index contributed by atoms with van der Waals surface area (Å²) in [6, 6.07) is 1.89. The summed E-state index contributed by atoms with van der Waals surface area (Å²) in [5.74, 6) is 0.880. The lowest BCUT2D eigenvalue weighted by Gasteiger charge is -2.25. The standard InChI is InChI=1S/C14H23N5O/c1-11-3-4-17-14(12(11)13(15)16)19-6-2-5-18(7-8-19)9-10-20/h3-4,20H,2,5-10H2,1H3,(H3,15,16). The van der Waals surface area contributed by atoms with Gasteiger partial charge in [0.25, 0.3) is 0 Å². The van der Waals surface area contributed by atoms with Gasteiger partial charge < -0.3 is 15.7 Å². The Balaban J connectivity index is 2.20. The molecule has 1 aliphatic rings. The normalized spacial score (nSPS) is 17.0. The summed E-state index contributed by atoms with van der Waals surface area (Å²) in [7, 11) is 0. The number of nitrogens with zero attached hydrogens (tertiary/aromatic N) is 3. The highest BCUT2D eigenvalue weighted by Crippen LogP contribution is 2.21. The van der Waals surface area contributed by atoms with Crippen molar-refractivity contribution in [2.45, 2.75) is 13.3 Å². The first-order valence-electron chi connectivity index (χ1n) is 7.01. The number of nitrogens with two attached hydrogens (primary N) is 1. The number of aryl methyl sites for hydroxylation is 1. The smallest absolute Gasteiger partial charge is 0.139 e. The molecule has 20 heavy (non-hydrogen) atoms. The molecule has 4 N–H and O–H groups in total. The molecular weight excluding hydrogens is 254 g/mol. The number of hydrogen-bond donors (Lipinski definition) is 3. The van der Waals surface area contributed by atoms with Crippen LogP contribution < -0.4 is 10.6 Å². The molecule has 6 heteroatoms. The Morgan fingerprint density at radius 3 is 2.90 bits per heavy atom. The van der Waals surface area contributed by atoms with E-state index in [-0.39, 0.29) is 12.4 Å². The predicted molar refractivity (Wildman–Crippen MR) is 80.3 cm³/mol. The van der Waals surface area contributed by atoms with E-state index in [2.05, 4.69) is 14.8 Å². The third kappa shape index (κ3) is 3.26. The average Bonchev–Trinajstić information content (AvgIpc) is 2.64. The Kier molecular flexibility index (Phi) is 4.92. The molecule has 0 unspecified atom stereocenters. The number of aliphatic hydroxyl groups excluding tert-OH is 1. The summed E-state index contributed by atoms with van der Waals surface area (Å²) >= 11 is 0. The molecule has 0 aromatic carbocycles. The summed E-state index contributed by atoms with van der Waals surface area (Å²) in [6.07, 6.45) is 2.79. The van der Waals surface area contributed by atoms with Crippen LogP contribution in [-0.2, 0) is 0 Å². The van der Waals surface area contributed by atoms with E-state index in [0.29, 0.717) is 6.54 Å². The number of aliphatic hydroxyl groups is 1. The summed E-state index contributed by atoms with van der Waals surface area (Å²) in [5.41, 5.74) is 7.43. The van der Waals surface area contributed by atoms with E-state index in [1.165, 1.54) is 0 Å². The summed E-state index contributed by atoms with van der Waals surface area (Å²) in [5, 5.41) is 16.8. The SMILES string of the molecule is Cc1ccnc(N2CCCN(CCO)CC2)c1C(=N)N. The maximum absolute atomic E-state index is 9.03. The topological polar surface area (TPSA) is 89.5 Å². The Labute approximate surface area is 119 Å². The zero-order valence-electron chi connectivity index (χ0n) is 12.0. The summed E-state index contributed by atoms with van der Waals surface area (Å²) < 4.78 is 0. The number of amidine groups is 1. The van der Waals surface area contributed by atoms with Gasteiger partial charge in [0.2, 0.25) is 0 Å². The van der Waals surface area contributed by atoms with Crippen LogP contribution in [0.3, 0.4) is 0 Å². The summed E-state index contributed by atoms with van der Waals surface area (Å²) in [4.78, 5) is 8.88. The minimum atomic E-state index is 0.0714. The van der Waals surface area contributed by atoms with Crippen molar-refractivity contribution >= 4 is 11.7 Å². The molecule has 2 rings (SSSR count). The van der Waals surface area contributed by atoms with E-state index < -0.39 is 0 Å². The number of aromatic nitrogens is 1. The van der Waals surface area contributed by atoms with Crippen molar-refractivity contribution in [3.8, 4) is 0 Å². The quantitative estimate of drug-likeness (QED) is 0.539. The van der Waals surface area contributed by atoms with Crippen molar-refractivity contribution in [3.63, 3.8) is 0 Å². The van der Waals surface area contributed by atoms with Crippen LogP contribution in [0.4, 0.5) is 5.82 Å². The maximum atomic E-state index is 9.03. The molecule has 1 saturated heterocycles. The first kappa shape index (κ1) is 14.7. The van der Waals surface area contributed by atoms with Crippen molar-refractivity contribution in [3.05, 3.63) is 23.4 Å². The van der Waals surface area contributed by atoms with E-state index in [9.17, 15) is 0 Å². The molecule has 1 aromatic rings. The first-order chi connectivity index (χ1) is 9.63. The maximum Gasteiger partial charge on any atom is 0.139 e. The van der Waals surface area contributed by atoms with E-state index in [1.54, 1.807) is 6.20 Å². The van der Waals surface area contributed by atoms with Gasteiger partial charge >= 0.3 is 0 Å². The second-order valence-corrected chi connectivity index (χ2v) is 5.15. The molecule has 1 fully saturated rings. The van der Waals surface area contributed by atoms with Gasteiger partial charge in [0.1, 0.15) is 11.7 Å². The number of nitrogens with one attached hydrogen (secondary N) is 1. The number of nitrogen functional groups attached to an aromatic ring is 1. The van der Waals surface area contributed by atoms with E-state index in [0.717, 1.165) is 49.5 Å². The minimum absolute atomic E-state index is 0.0714. The van der Waals surface area contributed by atoms with E-state index in [1.807, 2.05) is 13.0 Å². The number of β-amino-alcohol motifs (C(OH)–C–C–N with tert-alkyl or cyclic N) is 1. The Morgan fingerprint density at radius 2 is 2.20 bits per heavy atom. The molecule has 1 aliphatic heterocycles. The molecule has 0 bridgehead atoms. The van der Waals surface area contributed by atoms with Gasteiger partial charge in [0.15, 0.2) is 0 Å². The molecule has 0 atom stereocenters. The van der Waals surface area contributed by atoms with Crippen LogP contribution in [0.5, 0.6) is 0 Å². The molecule has 1 aromatic heterocycles. The first-order valence-corrected chi connectivity index (χ1v) is 7.01. The van der Waals surface area contributed by atoms with Crippen LogP contribution in [-0.4, -0.2) is 60.2 Å². The number of hydrogen-bond acceptors (Lipinski definition) is 5. The minimum Gasteiger partial charge on any atom is -0.395 e. The molecule has 0 amide bonds. The second kappa shape index (κ2) is 6.67. The van der Waals surface area contributed by atoms with Crippen molar-refractivity contribution < 1.29 is 5.11 Å². The number of anilines is 1. The molecule has 0 radical (unpaired) electrons. The third-order valence-corrected chi connectivity index (χ3v) is 3.71. The van der Waals surface area contributed by atoms with Crippen LogP contribution in [0, 0.1) is 12.3 Å². The number of pyridine rings is 1. The summed E-state index contributed by atoms with van der Waals surface area (Å²) in [6.45, 7) is 6.50. The van der Waals surface area contributed by atoms with Crippen LogP contribution >= 0.6 is 0 Å². The lowest BCUT2D eigenvalue weighted by atomic mass is 10.1. The molecule has 0 aliphatic carbocycles. The number of rotatable bonds is 4. The predicted octanol–water partition coefficient (Wildman–Crippen LogP) is 0.178. The van der Waals surface area contributed by atoms with Crippen molar-refractivity contribution in [2.75, 3.05) is 44.2 Å². The molecule has 6 nitrogen and oxygen atoms in total. The average molecular weight is 277 g/mol. The van der Waals surface area contributed by atoms with Gasteiger partial charge in [0, 0.05) is 32.4 Å². The molecule has 0 spiro atoms. The molecule has 2 heterocycles. The highest BCUT2D eigenvalue weighted by atomic mass is 16.3. The lowest BCUT2D eigenvalue weighted by Crippen LogP contribution is -2.34. The largest absolute Gasteiger partial charge is 0.395 e. The van der Waals surface area contributed by atoms with Crippen molar-refractivity contribution in [1.29, 1.82) is 5.41 Å². The van der Waals surface area contributed by atoms with Crippen LogP contribution in [0.15, 0.2) is 12.3 Å². The van der Waals surface area contributed by atoms with Crippen molar-refractivity contribution in [1.82, 2.24) is 9.88 Å². The van der Waals surface area contributed by atoms with Crippen LogP contribution in [0.25, 0.3) is 0 Å². The van der Waals surface area contributed by atoms with Crippen LogP contribution in [0.2, 0.25) is 0 Å².